The Kier molecular flexibility index (Phi) is 5.30. The lowest BCUT2D eigenvalue weighted by Gasteiger charge is -2.07. The van der Waals surface area contributed by atoms with Gasteiger partial charge < -0.3 is 10.1 Å². The number of anilines is 2. The maximum Gasteiger partial charge on any atom is 0.417 e. The van der Waals surface area contributed by atoms with Gasteiger partial charge >= 0.3 is 6.09 Å². The van der Waals surface area contributed by atoms with Gasteiger partial charge in [0.05, 0.1) is 22.9 Å². The summed E-state index contributed by atoms with van der Waals surface area (Å²) in [5.41, 5.74) is 1.57. The summed E-state index contributed by atoms with van der Waals surface area (Å²) >= 11 is 5.77. The summed E-state index contributed by atoms with van der Waals surface area (Å²) in [6.45, 7) is 0. The first-order chi connectivity index (χ1) is 14.8. The van der Waals surface area contributed by atoms with Gasteiger partial charge in [-0.25, -0.2) is 9.18 Å². The van der Waals surface area contributed by atoms with Crippen LogP contribution in [0.5, 0.6) is 5.75 Å². The molecule has 0 saturated carbocycles. The van der Waals surface area contributed by atoms with Crippen LogP contribution in [0.3, 0.4) is 0 Å². The third-order valence-corrected chi connectivity index (χ3v) is 4.65. The average molecular weight is 443 g/mol. The van der Waals surface area contributed by atoms with Crippen molar-refractivity contribution in [1.82, 2.24) is 19.6 Å². The summed E-state index contributed by atoms with van der Waals surface area (Å²) in [7, 11) is 3.33. The molecule has 4 rings (SSSR count). The Balaban J connectivity index is 1.53. The van der Waals surface area contributed by atoms with E-state index < -0.39 is 17.8 Å². The zero-order chi connectivity index (χ0) is 22.1. The van der Waals surface area contributed by atoms with E-state index in [1.54, 1.807) is 38.5 Å². The molecule has 0 aliphatic rings. The third kappa shape index (κ3) is 4.33. The first-order valence-electron chi connectivity index (χ1n) is 9.01. The maximum absolute atomic E-state index is 13.3. The molecule has 11 heteroatoms. The van der Waals surface area contributed by atoms with Crippen molar-refractivity contribution in [3.63, 3.8) is 0 Å². The Morgan fingerprint density at radius 1 is 1.10 bits per heavy atom. The number of ether oxygens (including phenoxy) is 1. The Hall–Kier alpha value is -3.92. The van der Waals surface area contributed by atoms with Crippen LogP contribution in [0.25, 0.3) is 10.9 Å². The molecule has 0 bridgehead atoms. The van der Waals surface area contributed by atoms with E-state index in [9.17, 15) is 14.0 Å². The number of hydrogen-bond acceptors (Lipinski definition) is 5. The molecular weight excluding hydrogens is 427 g/mol. The van der Waals surface area contributed by atoms with Crippen molar-refractivity contribution in [3.05, 3.63) is 65.3 Å². The monoisotopic (exact) mass is 442 g/mol. The second kappa shape index (κ2) is 8.07. The molecule has 31 heavy (non-hydrogen) atoms. The highest BCUT2D eigenvalue weighted by molar-refractivity contribution is 6.31. The van der Waals surface area contributed by atoms with E-state index in [0.29, 0.717) is 33.7 Å². The summed E-state index contributed by atoms with van der Waals surface area (Å²) in [5, 5.41) is 14.0. The number of carbonyl (C=O) groups excluding carboxylic acids is 2. The fourth-order valence-corrected chi connectivity index (χ4v) is 3.19. The van der Waals surface area contributed by atoms with Crippen LogP contribution in [0.1, 0.15) is 10.5 Å². The van der Waals surface area contributed by atoms with Crippen LogP contribution >= 0.6 is 11.6 Å². The van der Waals surface area contributed by atoms with Gasteiger partial charge in [-0.05, 0) is 36.4 Å². The Labute approximate surface area is 180 Å². The predicted octanol–water partition coefficient (Wildman–Crippen LogP) is 3.96. The van der Waals surface area contributed by atoms with Gasteiger partial charge in [0.15, 0.2) is 5.75 Å². The number of halogens is 2. The van der Waals surface area contributed by atoms with E-state index in [1.165, 1.54) is 33.8 Å². The molecule has 2 aromatic carbocycles. The van der Waals surface area contributed by atoms with E-state index in [-0.39, 0.29) is 5.02 Å². The van der Waals surface area contributed by atoms with Crippen LogP contribution in [0, 0.1) is 5.82 Å². The number of amides is 2. The molecule has 0 saturated heterocycles. The normalized spacial score (nSPS) is 10.8. The van der Waals surface area contributed by atoms with Gasteiger partial charge in [0.2, 0.25) is 0 Å². The smallest absolute Gasteiger partial charge is 0.407 e. The molecule has 2 amide bonds. The molecule has 2 aromatic heterocycles. The van der Waals surface area contributed by atoms with E-state index >= 15 is 0 Å². The van der Waals surface area contributed by atoms with E-state index in [0.717, 1.165) is 0 Å². The van der Waals surface area contributed by atoms with Gasteiger partial charge in [-0.3, -0.25) is 19.5 Å². The topological polar surface area (TPSA) is 103 Å². The first-order valence-corrected chi connectivity index (χ1v) is 9.38. The maximum atomic E-state index is 13.3. The van der Waals surface area contributed by atoms with Gasteiger partial charge in [0.25, 0.3) is 5.91 Å². The van der Waals surface area contributed by atoms with Gasteiger partial charge in [-0.15, -0.1) is 0 Å². The van der Waals surface area contributed by atoms with Crippen LogP contribution in [0.4, 0.5) is 20.6 Å². The van der Waals surface area contributed by atoms with Crippen molar-refractivity contribution in [2.24, 2.45) is 14.1 Å². The fourth-order valence-electron chi connectivity index (χ4n) is 3.01. The summed E-state index contributed by atoms with van der Waals surface area (Å²) in [5.74, 6) is -0.712. The van der Waals surface area contributed by atoms with Crippen LogP contribution in [0.15, 0.2) is 48.8 Å². The van der Waals surface area contributed by atoms with Gasteiger partial charge in [0, 0.05) is 30.9 Å². The average Bonchev–Trinajstić information content (AvgIpc) is 3.25. The van der Waals surface area contributed by atoms with Crippen molar-refractivity contribution in [2.75, 3.05) is 10.6 Å². The van der Waals surface area contributed by atoms with E-state index in [2.05, 4.69) is 20.8 Å². The molecule has 0 radical (unpaired) electrons. The second-order valence-electron chi connectivity index (χ2n) is 6.65. The van der Waals surface area contributed by atoms with Gasteiger partial charge in [-0.2, -0.15) is 10.2 Å². The lowest BCUT2D eigenvalue weighted by atomic mass is 10.1. The Morgan fingerprint density at radius 2 is 1.84 bits per heavy atom. The highest BCUT2D eigenvalue weighted by Crippen LogP contribution is 2.24. The molecule has 0 spiro atoms. The van der Waals surface area contributed by atoms with Crippen molar-refractivity contribution >= 4 is 45.9 Å². The summed E-state index contributed by atoms with van der Waals surface area (Å²) in [6.07, 6.45) is 2.29. The number of hydrogen-bond donors (Lipinski definition) is 2. The molecule has 0 atom stereocenters. The minimum absolute atomic E-state index is 0.0958. The summed E-state index contributed by atoms with van der Waals surface area (Å²) in [4.78, 5) is 24.8. The summed E-state index contributed by atoms with van der Waals surface area (Å²) in [6, 6.07) is 8.80. The van der Waals surface area contributed by atoms with Crippen LogP contribution in [0.2, 0.25) is 5.02 Å². The molecule has 9 nitrogen and oxygen atoms in total. The highest BCUT2D eigenvalue weighted by atomic mass is 35.5. The van der Waals surface area contributed by atoms with Crippen molar-refractivity contribution in [3.8, 4) is 5.75 Å². The van der Waals surface area contributed by atoms with E-state index in [4.69, 9.17) is 16.3 Å². The molecule has 2 N–H and O–H groups in total. The number of nitrogens with one attached hydrogen (secondary N) is 2. The highest BCUT2D eigenvalue weighted by Gasteiger charge is 2.18. The molecule has 0 aliphatic carbocycles. The quantitative estimate of drug-likeness (QED) is 0.498. The van der Waals surface area contributed by atoms with Crippen molar-refractivity contribution in [1.29, 1.82) is 0 Å². The molecule has 4 aromatic rings. The van der Waals surface area contributed by atoms with Crippen molar-refractivity contribution in [2.45, 2.75) is 0 Å². The minimum Gasteiger partial charge on any atom is -0.407 e. The molecule has 0 fully saturated rings. The van der Waals surface area contributed by atoms with Crippen LogP contribution < -0.4 is 15.4 Å². The number of aromatic nitrogens is 4. The largest absolute Gasteiger partial charge is 0.417 e. The summed E-state index contributed by atoms with van der Waals surface area (Å²) < 4.78 is 21.4. The Morgan fingerprint density at radius 3 is 2.55 bits per heavy atom. The van der Waals surface area contributed by atoms with Crippen LogP contribution in [-0.4, -0.2) is 31.6 Å². The van der Waals surface area contributed by atoms with Crippen LogP contribution in [-0.2, 0) is 14.1 Å². The number of benzene rings is 2. The second-order valence-corrected chi connectivity index (χ2v) is 7.06. The molecule has 158 valence electrons. The number of aryl methyl sites for hydroxylation is 2. The fraction of sp³-hybridized carbons (Fsp3) is 0.100. The third-order valence-electron chi connectivity index (χ3n) is 4.36. The zero-order valence-corrected chi connectivity index (χ0v) is 17.1. The van der Waals surface area contributed by atoms with Gasteiger partial charge in [0.1, 0.15) is 11.5 Å². The minimum atomic E-state index is -0.686. The standard InChI is InChI=1S/C20H16ClFN6O3/c1-27-10-13(9-23-27)31-20(30)25-12-3-5-14-17(8-12)26-28(2)18(14)19(29)24-11-4-6-16(22)15(21)7-11/h3-10H,1-2H3,(H,24,29)(H,25,30). The SMILES string of the molecule is Cn1cc(OC(=O)Nc2ccc3c(C(=O)Nc4ccc(F)c(Cl)c4)n(C)nc3c2)cn1. The van der Waals surface area contributed by atoms with E-state index in [1.807, 2.05) is 0 Å². The zero-order valence-electron chi connectivity index (χ0n) is 16.4. The Bertz CT molecular complexity index is 1320. The predicted molar refractivity (Wildman–Crippen MR) is 113 cm³/mol. The number of fused-ring (bicyclic) bond motifs is 1. The van der Waals surface area contributed by atoms with Gasteiger partial charge in [-0.1, -0.05) is 11.6 Å². The first kappa shape index (κ1) is 20.4. The number of rotatable bonds is 4. The molecule has 0 unspecified atom stereocenters. The lowest BCUT2D eigenvalue weighted by molar-refractivity contribution is 0.101. The van der Waals surface area contributed by atoms with Crippen molar-refractivity contribution < 1.29 is 18.7 Å². The molecular formula is C20H16ClFN6O3. The number of carbonyl (C=O) groups is 2. The lowest BCUT2D eigenvalue weighted by Crippen LogP contribution is -2.16. The molecule has 0 aliphatic heterocycles. The number of nitrogens with zero attached hydrogens (tertiary/aromatic N) is 4. The molecule has 2 heterocycles.